The van der Waals surface area contributed by atoms with Gasteiger partial charge in [-0.15, -0.1) is 29.7 Å². The van der Waals surface area contributed by atoms with E-state index >= 15 is 0 Å². The largest absolute Gasteiger partial charge is 0.360 e. The van der Waals surface area contributed by atoms with Gasteiger partial charge in [0.25, 0.3) is 0 Å². The zero-order valence-electron chi connectivity index (χ0n) is 14.2. The molecule has 2 aromatic rings. The molecule has 0 saturated heterocycles. The first-order valence-corrected chi connectivity index (χ1v) is 9.69. The van der Waals surface area contributed by atoms with Crippen molar-refractivity contribution in [3.63, 3.8) is 0 Å². The number of anilines is 1. The number of carbonyl (C=O) groups excluding carboxylic acids is 2. The van der Waals surface area contributed by atoms with Crippen molar-refractivity contribution in [3.05, 3.63) is 46.9 Å². The van der Waals surface area contributed by atoms with Crippen molar-refractivity contribution in [2.24, 2.45) is 0 Å². The molecular weight excluding hydrogens is 358 g/mol. The van der Waals surface area contributed by atoms with Gasteiger partial charge in [-0.2, -0.15) is 0 Å². The summed E-state index contributed by atoms with van der Waals surface area (Å²) in [6.45, 7) is 8.26. The van der Waals surface area contributed by atoms with Crippen molar-refractivity contribution in [1.82, 2.24) is 10.1 Å². The van der Waals surface area contributed by atoms with E-state index in [1.165, 1.54) is 11.8 Å². The van der Waals surface area contributed by atoms with Gasteiger partial charge in [-0.25, -0.2) is 0 Å². The van der Waals surface area contributed by atoms with Crippen LogP contribution in [0.4, 0.5) is 5.82 Å². The van der Waals surface area contributed by atoms with Crippen LogP contribution >= 0.6 is 23.1 Å². The molecule has 1 unspecified atom stereocenters. The number of rotatable bonds is 9. The minimum absolute atomic E-state index is 0.0183. The molecule has 0 fully saturated rings. The Balaban J connectivity index is 1.83. The van der Waals surface area contributed by atoms with Crippen LogP contribution in [-0.2, 0) is 16.1 Å². The molecule has 2 aromatic heterocycles. The molecule has 2 rings (SSSR count). The van der Waals surface area contributed by atoms with E-state index < -0.39 is 0 Å². The molecule has 8 heteroatoms. The molecule has 0 spiro atoms. The fourth-order valence-corrected chi connectivity index (χ4v) is 3.52. The van der Waals surface area contributed by atoms with E-state index in [1.807, 2.05) is 17.5 Å². The normalized spacial score (nSPS) is 11.8. The summed E-state index contributed by atoms with van der Waals surface area (Å²) in [7, 11) is 0. The molecule has 0 aliphatic rings. The molecule has 1 N–H and O–H groups in total. The maximum absolute atomic E-state index is 12.5. The smallest absolute Gasteiger partial charge is 0.238 e. The number of aromatic nitrogens is 1. The average Bonchev–Trinajstić information content (AvgIpc) is 3.23. The van der Waals surface area contributed by atoms with E-state index in [0.717, 1.165) is 4.88 Å². The number of carbonyl (C=O) groups is 2. The van der Waals surface area contributed by atoms with Crippen LogP contribution < -0.4 is 5.32 Å². The topological polar surface area (TPSA) is 75.4 Å². The second-order valence-electron chi connectivity index (χ2n) is 5.41. The van der Waals surface area contributed by atoms with E-state index in [4.69, 9.17) is 4.52 Å². The summed E-state index contributed by atoms with van der Waals surface area (Å²) in [6.07, 6.45) is 1.71. The Morgan fingerprint density at radius 3 is 2.96 bits per heavy atom. The molecule has 0 radical (unpaired) electrons. The highest BCUT2D eigenvalue weighted by molar-refractivity contribution is 8.01. The highest BCUT2D eigenvalue weighted by Crippen LogP contribution is 2.17. The molecule has 1 atom stereocenters. The van der Waals surface area contributed by atoms with Gasteiger partial charge in [0.1, 0.15) is 5.76 Å². The molecule has 0 aliphatic carbocycles. The third kappa shape index (κ3) is 6.06. The Morgan fingerprint density at radius 2 is 2.36 bits per heavy atom. The lowest BCUT2D eigenvalue weighted by Crippen LogP contribution is -2.33. The highest BCUT2D eigenvalue weighted by atomic mass is 32.2. The van der Waals surface area contributed by atoms with Crippen molar-refractivity contribution in [2.75, 3.05) is 17.6 Å². The Morgan fingerprint density at radius 1 is 1.56 bits per heavy atom. The van der Waals surface area contributed by atoms with E-state index in [2.05, 4.69) is 17.1 Å². The van der Waals surface area contributed by atoms with Gasteiger partial charge in [0.05, 0.1) is 17.5 Å². The van der Waals surface area contributed by atoms with Gasteiger partial charge in [-0.1, -0.05) is 17.3 Å². The predicted octanol–water partition coefficient (Wildman–Crippen LogP) is 3.32. The van der Waals surface area contributed by atoms with E-state index in [-0.39, 0.29) is 22.8 Å². The molecule has 2 amide bonds. The molecule has 134 valence electrons. The summed E-state index contributed by atoms with van der Waals surface area (Å²) >= 11 is 2.91. The van der Waals surface area contributed by atoms with Crippen molar-refractivity contribution in [1.29, 1.82) is 0 Å². The number of aryl methyl sites for hydroxylation is 1. The molecule has 25 heavy (non-hydrogen) atoms. The van der Waals surface area contributed by atoms with Crippen molar-refractivity contribution in [3.8, 4) is 0 Å². The van der Waals surface area contributed by atoms with Crippen LogP contribution in [0, 0.1) is 6.92 Å². The van der Waals surface area contributed by atoms with Crippen LogP contribution in [-0.4, -0.2) is 39.4 Å². The first kappa shape index (κ1) is 19.3. The number of hydrogen-bond donors (Lipinski definition) is 1. The van der Waals surface area contributed by atoms with Gasteiger partial charge in [-0.05, 0) is 25.3 Å². The van der Waals surface area contributed by atoms with Crippen LogP contribution in [0.3, 0.4) is 0 Å². The van der Waals surface area contributed by atoms with Crippen molar-refractivity contribution >= 4 is 40.7 Å². The van der Waals surface area contributed by atoms with Crippen LogP contribution in [0.5, 0.6) is 0 Å². The molecule has 6 nitrogen and oxygen atoms in total. The number of thiophene rings is 1. The summed E-state index contributed by atoms with van der Waals surface area (Å²) in [4.78, 5) is 27.4. The van der Waals surface area contributed by atoms with Gasteiger partial charge in [0, 0.05) is 17.5 Å². The van der Waals surface area contributed by atoms with Gasteiger partial charge in [-0.3, -0.25) is 9.59 Å². The summed E-state index contributed by atoms with van der Waals surface area (Å²) in [5.74, 6) is 1.01. The predicted molar refractivity (Wildman–Crippen MR) is 102 cm³/mol. The van der Waals surface area contributed by atoms with Gasteiger partial charge in [0.15, 0.2) is 5.82 Å². The Hall–Kier alpha value is -2.06. The lowest BCUT2D eigenvalue weighted by atomic mass is 10.4. The lowest BCUT2D eigenvalue weighted by Gasteiger charge is -2.21. The molecule has 0 bridgehead atoms. The fourth-order valence-electron chi connectivity index (χ4n) is 2.02. The minimum Gasteiger partial charge on any atom is -0.360 e. The molecule has 0 saturated carbocycles. The van der Waals surface area contributed by atoms with E-state index in [9.17, 15) is 9.59 Å². The van der Waals surface area contributed by atoms with Crippen LogP contribution in [0.2, 0.25) is 0 Å². The van der Waals surface area contributed by atoms with Crippen molar-refractivity contribution in [2.45, 2.75) is 25.6 Å². The van der Waals surface area contributed by atoms with E-state index in [0.29, 0.717) is 24.7 Å². The zero-order valence-corrected chi connectivity index (χ0v) is 15.9. The molecular formula is C17H21N3O3S2. The Labute approximate surface area is 155 Å². The number of hydrogen-bond acceptors (Lipinski definition) is 6. The maximum Gasteiger partial charge on any atom is 0.238 e. The standard InChI is InChI=1S/C17H21N3O3S2/c1-4-7-20(10-14-6-5-8-24-14)16(21)11-25-13(3)17(22)18-15-9-12(2)23-19-15/h4-6,8-9,13H,1,7,10-11H2,2-3H3,(H,18,19,22). The first-order valence-electron chi connectivity index (χ1n) is 7.76. The van der Waals surface area contributed by atoms with Crippen molar-refractivity contribution < 1.29 is 14.1 Å². The molecule has 0 aliphatic heterocycles. The zero-order chi connectivity index (χ0) is 18.2. The van der Waals surface area contributed by atoms with Gasteiger partial charge < -0.3 is 14.7 Å². The quantitative estimate of drug-likeness (QED) is 0.677. The summed E-state index contributed by atoms with van der Waals surface area (Å²) in [5.41, 5.74) is 0. The summed E-state index contributed by atoms with van der Waals surface area (Å²) < 4.78 is 4.91. The van der Waals surface area contributed by atoms with E-state index in [1.54, 1.807) is 42.2 Å². The lowest BCUT2D eigenvalue weighted by molar-refractivity contribution is -0.128. The first-order chi connectivity index (χ1) is 12.0. The summed E-state index contributed by atoms with van der Waals surface area (Å²) in [5, 5.41) is 8.00. The average molecular weight is 380 g/mol. The fraction of sp³-hybridized carbons (Fsp3) is 0.353. The summed E-state index contributed by atoms with van der Waals surface area (Å²) in [6, 6.07) is 5.60. The van der Waals surface area contributed by atoms with Crippen LogP contribution in [0.1, 0.15) is 17.6 Å². The third-order valence-electron chi connectivity index (χ3n) is 3.33. The monoisotopic (exact) mass is 379 g/mol. The second kappa shape index (κ2) is 9.43. The highest BCUT2D eigenvalue weighted by Gasteiger charge is 2.19. The number of amides is 2. The molecule has 2 heterocycles. The van der Waals surface area contributed by atoms with Crippen LogP contribution in [0.25, 0.3) is 0 Å². The number of nitrogens with one attached hydrogen (secondary N) is 1. The second-order valence-corrected chi connectivity index (χ2v) is 7.77. The SMILES string of the molecule is C=CCN(Cc1cccs1)C(=O)CSC(C)C(=O)Nc1cc(C)on1. The van der Waals surface area contributed by atoms with Gasteiger partial charge >= 0.3 is 0 Å². The maximum atomic E-state index is 12.5. The Bertz CT molecular complexity index is 713. The minimum atomic E-state index is -0.381. The number of thioether (sulfide) groups is 1. The van der Waals surface area contributed by atoms with Gasteiger partial charge in [0.2, 0.25) is 11.8 Å². The Kier molecular flexibility index (Phi) is 7.27. The third-order valence-corrected chi connectivity index (χ3v) is 5.32. The number of nitrogens with zero attached hydrogens (tertiary/aromatic N) is 2. The van der Waals surface area contributed by atoms with Crippen LogP contribution in [0.15, 0.2) is 40.8 Å². The molecule has 0 aromatic carbocycles.